The maximum atomic E-state index is 11.2. The van der Waals surface area contributed by atoms with Crippen molar-refractivity contribution in [1.29, 1.82) is 0 Å². The van der Waals surface area contributed by atoms with Crippen LogP contribution in [-0.2, 0) is 11.2 Å². The van der Waals surface area contributed by atoms with E-state index in [9.17, 15) is 4.79 Å². The number of nitrogens with one attached hydrogen (secondary N) is 3. The number of hydrogen-bond donors (Lipinski definition) is 3. The predicted octanol–water partition coefficient (Wildman–Crippen LogP) is 3.18. The third-order valence-electron chi connectivity index (χ3n) is 3.31. The second-order valence-corrected chi connectivity index (χ2v) is 5.62. The van der Waals surface area contributed by atoms with Gasteiger partial charge in [-0.3, -0.25) is 4.79 Å². The third-order valence-corrected chi connectivity index (χ3v) is 3.56. The molecular weight excluding hydrogens is 322 g/mol. The van der Waals surface area contributed by atoms with Crippen molar-refractivity contribution in [2.75, 3.05) is 24.3 Å². The number of ether oxygens (including phenoxy) is 1. The van der Waals surface area contributed by atoms with E-state index in [2.05, 4.69) is 28.1 Å². The Hall–Kier alpha value is -2.60. The molecule has 2 aromatic carbocycles. The van der Waals surface area contributed by atoms with Crippen LogP contribution in [0.15, 0.2) is 48.5 Å². The molecule has 5 nitrogen and oxygen atoms in total. The summed E-state index contributed by atoms with van der Waals surface area (Å²) in [6.45, 7) is 2.19. The van der Waals surface area contributed by atoms with Gasteiger partial charge in [0.1, 0.15) is 5.75 Å². The van der Waals surface area contributed by atoms with Gasteiger partial charge in [-0.05, 0) is 42.4 Å². The van der Waals surface area contributed by atoms with Gasteiger partial charge in [0.25, 0.3) is 0 Å². The van der Waals surface area contributed by atoms with Crippen molar-refractivity contribution in [3.05, 3.63) is 54.1 Å². The van der Waals surface area contributed by atoms with Gasteiger partial charge in [-0.2, -0.15) is 0 Å². The smallest absolute Gasteiger partial charge is 0.221 e. The Morgan fingerprint density at radius 1 is 1.12 bits per heavy atom. The number of amides is 1. The summed E-state index contributed by atoms with van der Waals surface area (Å²) >= 11 is 5.32. The van der Waals surface area contributed by atoms with E-state index >= 15 is 0 Å². The summed E-state index contributed by atoms with van der Waals surface area (Å²) in [6.07, 6.45) is 0.881. The van der Waals surface area contributed by atoms with E-state index in [0.717, 1.165) is 13.0 Å². The van der Waals surface area contributed by atoms with Crippen molar-refractivity contribution in [1.82, 2.24) is 5.32 Å². The highest BCUT2D eigenvalue weighted by atomic mass is 32.1. The zero-order valence-electron chi connectivity index (χ0n) is 13.8. The van der Waals surface area contributed by atoms with E-state index in [0.29, 0.717) is 22.2 Å². The zero-order chi connectivity index (χ0) is 17.4. The van der Waals surface area contributed by atoms with Crippen molar-refractivity contribution >= 4 is 34.6 Å². The fourth-order valence-electron chi connectivity index (χ4n) is 2.22. The lowest BCUT2D eigenvalue weighted by molar-refractivity contribution is -0.114. The summed E-state index contributed by atoms with van der Waals surface area (Å²) in [5.74, 6) is 0.519. The molecule has 0 bridgehead atoms. The van der Waals surface area contributed by atoms with E-state index in [1.54, 1.807) is 25.3 Å². The van der Waals surface area contributed by atoms with Crippen LogP contribution in [0, 0.1) is 0 Å². The van der Waals surface area contributed by atoms with Crippen LogP contribution in [0.3, 0.4) is 0 Å². The maximum absolute atomic E-state index is 11.2. The highest BCUT2D eigenvalue weighted by Gasteiger charge is 2.07. The Bertz CT molecular complexity index is 705. The van der Waals surface area contributed by atoms with E-state index < -0.39 is 0 Å². The molecule has 0 fully saturated rings. The molecule has 6 heteroatoms. The molecule has 0 heterocycles. The van der Waals surface area contributed by atoms with Gasteiger partial charge in [0.2, 0.25) is 5.91 Å². The molecule has 2 rings (SSSR count). The normalized spacial score (nSPS) is 9.92. The molecule has 0 saturated heterocycles. The Kier molecular flexibility index (Phi) is 6.57. The number of thiocarbonyl (C=S) groups is 1. The molecule has 0 aliphatic heterocycles. The SMILES string of the molecule is COc1ccc(NC(C)=O)cc1NC(=S)NCCc1ccccc1. The predicted molar refractivity (Wildman–Crippen MR) is 102 cm³/mol. The summed E-state index contributed by atoms with van der Waals surface area (Å²) in [5.41, 5.74) is 2.62. The Labute approximate surface area is 147 Å². The number of benzene rings is 2. The highest BCUT2D eigenvalue weighted by molar-refractivity contribution is 7.80. The van der Waals surface area contributed by atoms with Crippen LogP contribution in [-0.4, -0.2) is 24.7 Å². The van der Waals surface area contributed by atoms with E-state index in [-0.39, 0.29) is 5.91 Å². The van der Waals surface area contributed by atoms with Gasteiger partial charge >= 0.3 is 0 Å². The summed E-state index contributed by atoms with van der Waals surface area (Å²) in [6, 6.07) is 15.5. The summed E-state index contributed by atoms with van der Waals surface area (Å²) in [7, 11) is 1.59. The number of carbonyl (C=O) groups is 1. The molecule has 0 saturated carbocycles. The Morgan fingerprint density at radius 3 is 2.54 bits per heavy atom. The van der Waals surface area contributed by atoms with E-state index in [1.807, 2.05) is 18.2 Å². The molecule has 0 radical (unpaired) electrons. The monoisotopic (exact) mass is 343 g/mol. The molecule has 0 atom stereocenters. The molecule has 0 unspecified atom stereocenters. The van der Waals surface area contributed by atoms with Crippen LogP contribution in [0.1, 0.15) is 12.5 Å². The average molecular weight is 343 g/mol. The van der Waals surface area contributed by atoms with Crippen molar-refractivity contribution in [3.63, 3.8) is 0 Å². The molecule has 24 heavy (non-hydrogen) atoms. The molecule has 0 aliphatic carbocycles. The molecule has 0 aliphatic rings. The van der Waals surface area contributed by atoms with Gasteiger partial charge in [0, 0.05) is 19.2 Å². The average Bonchev–Trinajstić information content (AvgIpc) is 2.55. The van der Waals surface area contributed by atoms with Crippen LogP contribution in [0.4, 0.5) is 11.4 Å². The first-order valence-corrected chi connectivity index (χ1v) is 8.03. The minimum atomic E-state index is -0.130. The lowest BCUT2D eigenvalue weighted by atomic mass is 10.1. The quantitative estimate of drug-likeness (QED) is 0.703. The fourth-order valence-corrected chi connectivity index (χ4v) is 2.43. The Balaban J connectivity index is 1.93. The number of rotatable bonds is 6. The van der Waals surface area contributed by atoms with Gasteiger partial charge in [0.15, 0.2) is 5.11 Å². The van der Waals surface area contributed by atoms with Crippen LogP contribution >= 0.6 is 12.2 Å². The molecule has 0 spiro atoms. The second kappa shape index (κ2) is 8.88. The van der Waals surface area contributed by atoms with Crippen LogP contribution < -0.4 is 20.7 Å². The van der Waals surface area contributed by atoms with Gasteiger partial charge < -0.3 is 20.7 Å². The molecule has 126 valence electrons. The van der Waals surface area contributed by atoms with Gasteiger partial charge in [0.05, 0.1) is 12.8 Å². The zero-order valence-corrected chi connectivity index (χ0v) is 14.6. The minimum Gasteiger partial charge on any atom is -0.495 e. The highest BCUT2D eigenvalue weighted by Crippen LogP contribution is 2.27. The molecular formula is C18H21N3O2S. The molecule has 3 N–H and O–H groups in total. The Morgan fingerprint density at radius 2 is 1.88 bits per heavy atom. The summed E-state index contributed by atoms with van der Waals surface area (Å²) in [4.78, 5) is 11.2. The van der Waals surface area contributed by atoms with Crippen LogP contribution in [0.2, 0.25) is 0 Å². The van der Waals surface area contributed by atoms with Gasteiger partial charge in [-0.25, -0.2) is 0 Å². The first kappa shape index (κ1) is 17.7. The number of anilines is 2. The second-order valence-electron chi connectivity index (χ2n) is 5.21. The van der Waals surface area contributed by atoms with Crippen molar-refractivity contribution in [2.45, 2.75) is 13.3 Å². The molecule has 0 aromatic heterocycles. The third kappa shape index (κ3) is 5.55. The maximum Gasteiger partial charge on any atom is 0.221 e. The van der Waals surface area contributed by atoms with E-state index in [1.165, 1.54) is 12.5 Å². The number of carbonyl (C=O) groups excluding carboxylic acids is 1. The summed E-state index contributed by atoms with van der Waals surface area (Å²) in [5, 5.41) is 9.51. The van der Waals surface area contributed by atoms with Crippen molar-refractivity contribution < 1.29 is 9.53 Å². The first-order chi connectivity index (χ1) is 11.6. The topological polar surface area (TPSA) is 62.4 Å². The minimum absolute atomic E-state index is 0.130. The van der Waals surface area contributed by atoms with Crippen molar-refractivity contribution in [3.8, 4) is 5.75 Å². The molecule has 1 amide bonds. The van der Waals surface area contributed by atoms with Gasteiger partial charge in [-0.1, -0.05) is 30.3 Å². The van der Waals surface area contributed by atoms with Gasteiger partial charge in [-0.15, -0.1) is 0 Å². The molecule has 2 aromatic rings. The van der Waals surface area contributed by atoms with Crippen molar-refractivity contribution in [2.24, 2.45) is 0 Å². The standard InChI is InChI=1S/C18H21N3O2S/c1-13(22)20-15-8-9-17(23-2)16(12-15)21-18(24)19-11-10-14-6-4-3-5-7-14/h3-9,12H,10-11H2,1-2H3,(H,20,22)(H2,19,21,24). The lowest BCUT2D eigenvalue weighted by Gasteiger charge is -2.15. The first-order valence-electron chi connectivity index (χ1n) is 7.63. The number of hydrogen-bond acceptors (Lipinski definition) is 3. The largest absolute Gasteiger partial charge is 0.495 e. The lowest BCUT2D eigenvalue weighted by Crippen LogP contribution is -2.30. The summed E-state index contributed by atoms with van der Waals surface area (Å²) < 4.78 is 5.32. The van der Waals surface area contributed by atoms with Crippen LogP contribution in [0.5, 0.6) is 5.75 Å². The van der Waals surface area contributed by atoms with Crippen LogP contribution in [0.25, 0.3) is 0 Å². The fraction of sp³-hybridized carbons (Fsp3) is 0.222. The number of methoxy groups -OCH3 is 1. The van der Waals surface area contributed by atoms with E-state index in [4.69, 9.17) is 17.0 Å².